The minimum Gasteiger partial charge on any atom is -0.504 e. The molecule has 3 heterocycles. The van der Waals surface area contributed by atoms with E-state index < -0.39 is 17.7 Å². The smallest absolute Gasteiger partial charge is 0.404 e. The Morgan fingerprint density at radius 3 is 2.74 bits per heavy atom. The fourth-order valence-electron chi connectivity index (χ4n) is 5.56. The Bertz CT molecular complexity index is 1180. The molecule has 180 valence electrons. The van der Waals surface area contributed by atoms with Crippen molar-refractivity contribution in [2.24, 2.45) is 11.7 Å². The average molecular weight is 470 g/mol. The van der Waals surface area contributed by atoms with Crippen LogP contribution >= 0.6 is 0 Å². The fraction of sp³-hybridized carbons (Fsp3) is 0.435. The van der Waals surface area contributed by atoms with Crippen LogP contribution in [0.1, 0.15) is 12.5 Å². The number of rotatable bonds is 7. The van der Waals surface area contributed by atoms with E-state index in [1.54, 1.807) is 13.0 Å². The number of methoxy groups -OCH3 is 1. The molecule has 4 atom stereocenters. The van der Waals surface area contributed by atoms with E-state index in [0.717, 1.165) is 5.56 Å². The number of ketones is 2. The minimum absolute atomic E-state index is 0.107. The van der Waals surface area contributed by atoms with Gasteiger partial charge in [0.15, 0.2) is 17.2 Å². The quantitative estimate of drug-likeness (QED) is 0.201. The standard InChI is InChI=1S/C23H26N4O7/c1-10-17(25-6-5-11-3-4-14(28)15(29)7-11)20(31)16-12(9-34-22(24)32)23(33-2)21-13(26-21)8-27(23)18(16)19(10)30/h3-4,7,12-13,21,25-26,28-29H,5-6,8-9H2,1-2H3,(H2,24,32)/t12-,13+,21+,23?/m0/s1. The first kappa shape index (κ1) is 22.2. The molecule has 2 saturated heterocycles. The fourth-order valence-corrected chi connectivity index (χ4v) is 5.56. The Morgan fingerprint density at radius 1 is 1.29 bits per heavy atom. The third kappa shape index (κ3) is 3.07. The summed E-state index contributed by atoms with van der Waals surface area (Å²) in [6.45, 7) is 2.23. The number of phenolic OH excluding ortho intramolecular Hbond substituents is 2. The van der Waals surface area contributed by atoms with Crippen molar-refractivity contribution >= 4 is 17.7 Å². The van der Waals surface area contributed by atoms with Gasteiger partial charge in [0.2, 0.25) is 11.6 Å². The van der Waals surface area contributed by atoms with Gasteiger partial charge >= 0.3 is 6.09 Å². The summed E-state index contributed by atoms with van der Waals surface area (Å²) in [4.78, 5) is 40.4. The second-order valence-electron chi connectivity index (χ2n) is 8.92. The molecule has 1 amide bonds. The predicted molar refractivity (Wildman–Crippen MR) is 117 cm³/mol. The number of fused-ring (bicyclic) bond motifs is 4. The lowest BCUT2D eigenvalue weighted by Crippen LogP contribution is -2.55. The maximum Gasteiger partial charge on any atom is 0.404 e. The summed E-state index contributed by atoms with van der Waals surface area (Å²) in [6.07, 6.45) is -0.532. The first-order valence-corrected chi connectivity index (χ1v) is 11.0. The Labute approximate surface area is 195 Å². The van der Waals surface area contributed by atoms with E-state index in [1.807, 2.05) is 4.90 Å². The Hall–Kier alpha value is -3.57. The van der Waals surface area contributed by atoms with Crippen molar-refractivity contribution < 1.29 is 34.1 Å². The highest BCUT2D eigenvalue weighted by molar-refractivity contribution is 6.25. The number of carbonyl (C=O) groups excluding carboxylic acids is 3. The lowest BCUT2D eigenvalue weighted by atomic mass is 9.82. The van der Waals surface area contributed by atoms with Gasteiger partial charge in [0, 0.05) is 37.4 Å². The van der Waals surface area contributed by atoms with Crippen LogP contribution in [-0.4, -0.2) is 77.4 Å². The van der Waals surface area contributed by atoms with Crippen LogP contribution in [0.5, 0.6) is 11.5 Å². The van der Waals surface area contributed by atoms with Gasteiger partial charge < -0.3 is 41.0 Å². The van der Waals surface area contributed by atoms with Crippen LogP contribution in [-0.2, 0) is 25.5 Å². The Balaban J connectivity index is 1.42. The number of piperazine rings is 1. The van der Waals surface area contributed by atoms with E-state index in [2.05, 4.69) is 10.6 Å². The number of nitrogens with zero attached hydrogens (tertiary/aromatic N) is 1. The van der Waals surface area contributed by atoms with Gasteiger partial charge in [-0.1, -0.05) is 6.07 Å². The van der Waals surface area contributed by atoms with Gasteiger partial charge in [0.05, 0.1) is 23.4 Å². The van der Waals surface area contributed by atoms with Gasteiger partial charge in [-0.3, -0.25) is 9.59 Å². The summed E-state index contributed by atoms with van der Waals surface area (Å²) in [5, 5.41) is 25.6. The zero-order valence-electron chi connectivity index (χ0n) is 18.8. The van der Waals surface area contributed by atoms with E-state index >= 15 is 0 Å². The van der Waals surface area contributed by atoms with Crippen molar-refractivity contribution in [2.45, 2.75) is 31.2 Å². The lowest BCUT2D eigenvalue weighted by molar-refractivity contribution is -0.137. The van der Waals surface area contributed by atoms with Gasteiger partial charge in [-0.2, -0.15) is 0 Å². The topological polar surface area (TPSA) is 173 Å². The van der Waals surface area contributed by atoms with Gasteiger partial charge in [0.25, 0.3) is 0 Å². The monoisotopic (exact) mass is 470 g/mol. The van der Waals surface area contributed by atoms with E-state index in [1.165, 1.54) is 19.2 Å². The van der Waals surface area contributed by atoms with E-state index in [-0.39, 0.29) is 53.0 Å². The van der Waals surface area contributed by atoms with Gasteiger partial charge in [-0.25, -0.2) is 4.79 Å². The van der Waals surface area contributed by atoms with Crippen molar-refractivity contribution in [3.63, 3.8) is 0 Å². The number of hydrogen-bond acceptors (Lipinski definition) is 10. The molecule has 2 fully saturated rings. The molecular formula is C23H26N4O7. The molecule has 0 spiro atoms. The minimum atomic E-state index is -1.02. The number of nitrogens with one attached hydrogen (secondary N) is 2. The molecule has 0 bridgehead atoms. The maximum atomic E-state index is 13.7. The molecule has 11 nitrogen and oxygen atoms in total. The van der Waals surface area contributed by atoms with Gasteiger partial charge in [0.1, 0.15) is 6.61 Å². The Morgan fingerprint density at radius 2 is 2.06 bits per heavy atom. The first-order valence-electron chi connectivity index (χ1n) is 11.0. The van der Waals surface area contributed by atoms with Gasteiger partial charge in [-0.05, 0) is 31.0 Å². The SMILES string of the molecule is COC12[C@@H]3N[C@@H]3CN1C1=C(C(=O)C(NCCc3ccc(O)c(O)c3)=C(C)C1=O)[C@@H]2COC(N)=O. The van der Waals surface area contributed by atoms with E-state index in [4.69, 9.17) is 15.2 Å². The highest BCUT2D eigenvalue weighted by Crippen LogP contribution is 2.55. The highest BCUT2D eigenvalue weighted by atomic mass is 16.6. The molecule has 5 rings (SSSR count). The number of amides is 1. The lowest BCUT2D eigenvalue weighted by Gasteiger charge is -2.39. The molecular weight excluding hydrogens is 444 g/mol. The molecule has 4 aliphatic rings. The summed E-state index contributed by atoms with van der Waals surface area (Å²) in [5.41, 5.74) is 5.97. The number of Topliss-reactive ketones (excluding diaryl/α,β-unsaturated/α-hetero) is 2. The highest BCUT2D eigenvalue weighted by Gasteiger charge is 2.72. The number of nitrogens with two attached hydrogens (primary N) is 1. The number of aromatic hydroxyl groups is 2. The molecule has 0 radical (unpaired) electrons. The molecule has 0 aromatic heterocycles. The van der Waals surface area contributed by atoms with Crippen molar-refractivity contribution in [2.75, 3.05) is 26.8 Å². The second-order valence-corrected chi connectivity index (χ2v) is 8.92. The zero-order chi connectivity index (χ0) is 24.4. The van der Waals surface area contributed by atoms with Crippen LogP contribution in [0.4, 0.5) is 4.79 Å². The number of phenols is 2. The number of benzene rings is 1. The predicted octanol–water partition coefficient (Wildman–Crippen LogP) is -0.366. The number of hydrogen-bond donors (Lipinski definition) is 5. The Kier molecular flexibility index (Phi) is 5.06. The average Bonchev–Trinajstić information content (AvgIpc) is 3.41. The number of allylic oxidation sites excluding steroid dienone is 2. The maximum absolute atomic E-state index is 13.7. The van der Waals surface area contributed by atoms with Crippen molar-refractivity contribution in [3.8, 4) is 11.5 Å². The first-order chi connectivity index (χ1) is 16.2. The molecule has 3 aliphatic heterocycles. The summed E-state index contributed by atoms with van der Waals surface area (Å²) in [6, 6.07) is 4.51. The van der Waals surface area contributed by atoms with Crippen LogP contribution in [0.15, 0.2) is 40.7 Å². The molecule has 1 aliphatic carbocycles. The normalized spacial score (nSPS) is 29.2. The van der Waals surface area contributed by atoms with Crippen molar-refractivity contribution in [1.29, 1.82) is 0 Å². The van der Waals surface area contributed by atoms with Crippen LogP contribution in [0.2, 0.25) is 0 Å². The molecule has 34 heavy (non-hydrogen) atoms. The van der Waals surface area contributed by atoms with Crippen LogP contribution < -0.4 is 16.4 Å². The largest absolute Gasteiger partial charge is 0.504 e. The molecule has 0 saturated carbocycles. The zero-order valence-corrected chi connectivity index (χ0v) is 18.8. The van der Waals surface area contributed by atoms with Crippen LogP contribution in [0.3, 0.4) is 0 Å². The van der Waals surface area contributed by atoms with Gasteiger partial charge in [-0.15, -0.1) is 0 Å². The van der Waals surface area contributed by atoms with E-state index in [9.17, 15) is 24.6 Å². The summed E-state index contributed by atoms with van der Waals surface area (Å²) >= 11 is 0. The summed E-state index contributed by atoms with van der Waals surface area (Å²) in [7, 11) is 1.52. The second kappa shape index (κ2) is 7.74. The molecule has 1 unspecified atom stereocenters. The molecule has 11 heteroatoms. The van der Waals surface area contributed by atoms with Crippen molar-refractivity contribution in [3.05, 3.63) is 46.3 Å². The third-order valence-corrected chi connectivity index (χ3v) is 7.18. The third-order valence-electron chi connectivity index (χ3n) is 7.18. The molecule has 1 aromatic carbocycles. The van der Waals surface area contributed by atoms with Crippen molar-refractivity contribution in [1.82, 2.24) is 15.5 Å². The number of carbonyl (C=O) groups is 3. The van der Waals surface area contributed by atoms with Crippen LogP contribution in [0.25, 0.3) is 0 Å². The molecule has 1 aromatic rings. The van der Waals surface area contributed by atoms with E-state index in [0.29, 0.717) is 30.8 Å². The summed E-state index contributed by atoms with van der Waals surface area (Å²) < 4.78 is 11.1. The number of ether oxygens (including phenoxy) is 2. The van der Waals surface area contributed by atoms with Crippen LogP contribution in [0, 0.1) is 5.92 Å². The molecule has 6 N–H and O–H groups in total. The summed E-state index contributed by atoms with van der Waals surface area (Å²) in [5.74, 6) is -1.76. The number of primary amides is 1.